The molecule has 2 heterocycles. The van der Waals surface area contributed by atoms with E-state index in [0.29, 0.717) is 6.54 Å². The van der Waals surface area contributed by atoms with Crippen LogP contribution in [0.1, 0.15) is 28.8 Å². The summed E-state index contributed by atoms with van der Waals surface area (Å²) in [6.07, 6.45) is -3.15. The van der Waals surface area contributed by atoms with Crippen LogP contribution in [0, 0.1) is 0 Å². The first-order valence-corrected chi connectivity index (χ1v) is 11.4. The Morgan fingerprint density at radius 3 is 2.39 bits per heavy atom. The second kappa shape index (κ2) is 11.4. The third kappa shape index (κ3) is 7.25. The molecule has 2 aromatic rings. The van der Waals surface area contributed by atoms with Gasteiger partial charge >= 0.3 is 18.1 Å². The minimum atomic E-state index is -5.08. The number of piperidine rings is 1. The lowest BCUT2D eigenvalue weighted by molar-refractivity contribution is -0.192. The number of carboxylic acids is 2. The molecule has 1 fully saturated rings. The smallest absolute Gasteiger partial charge is 0.490 e. The van der Waals surface area contributed by atoms with E-state index in [1.165, 1.54) is 6.07 Å². The van der Waals surface area contributed by atoms with Gasteiger partial charge in [0.05, 0.1) is 0 Å². The van der Waals surface area contributed by atoms with Gasteiger partial charge in [-0.05, 0) is 35.9 Å². The van der Waals surface area contributed by atoms with E-state index in [1.807, 2.05) is 18.2 Å². The number of rotatable bonds is 6. The van der Waals surface area contributed by atoms with E-state index >= 15 is 0 Å². The molecule has 196 valence electrons. The fraction of sp³-hybridized carbons (Fsp3) is 0.417. The number of likely N-dealkylation sites (tertiary alicyclic amines) is 1. The summed E-state index contributed by atoms with van der Waals surface area (Å²) in [6, 6.07) is 12.2. The zero-order valence-corrected chi connectivity index (χ0v) is 19.8. The van der Waals surface area contributed by atoms with Gasteiger partial charge in [0.25, 0.3) is 0 Å². The number of hydrogen-bond donors (Lipinski definition) is 3. The van der Waals surface area contributed by atoms with Crippen molar-refractivity contribution >= 4 is 23.5 Å². The maximum atomic E-state index is 11.2. The highest BCUT2D eigenvalue weighted by Gasteiger charge is 2.42. The summed E-state index contributed by atoms with van der Waals surface area (Å²) in [5.41, 5.74) is 1.08. The summed E-state index contributed by atoms with van der Waals surface area (Å²) in [7, 11) is 0. The molecule has 3 N–H and O–H groups in total. The second-order valence-electron chi connectivity index (χ2n) is 8.58. The molecule has 0 saturated carbocycles. The van der Waals surface area contributed by atoms with Crippen LogP contribution in [0.4, 0.5) is 13.2 Å². The average molecular weight is 532 g/mol. The number of fused-ring (bicyclic) bond motifs is 1. The van der Waals surface area contributed by atoms with Crippen molar-refractivity contribution < 1.29 is 47.6 Å². The highest BCUT2D eigenvalue weighted by atomic mass is 35.5. The van der Waals surface area contributed by atoms with Gasteiger partial charge in [0.15, 0.2) is 0 Å². The molecule has 2 aliphatic rings. The van der Waals surface area contributed by atoms with Crippen molar-refractivity contribution in [3.8, 4) is 11.5 Å². The van der Waals surface area contributed by atoms with Crippen molar-refractivity contribution in [1.82, 2.24) is 4.90 Å². The van der Waals surface area contributed by atoms with Gasteiger partial charge < -0.3 is 29.7 Å². The molecular weight excluding hydrogens is 507 g/mol. The number of hydrogen-bond acceptors (Lipinski definition) is 6. The number of aliphatic hydroxyl groups excluding tert-OH is 1. The van der Waals surface area contributed by atoms with Crippen LogP contribution in [0.25, 0.3) is 0 Å². The molecule has 4 rings (SSSR count). The van der Waals surface area contributed by atoms with Gasteiger partial charge in [0.1, 0.15) is 35.4 Å². The van der Waals surface area contributed by atoms with E-state index in [2.05, 4.69) is 4.90 Å². The molecular formula is C24H25ClF3NO7. The highest BCUT2D eigenvalue weighted by molar-refractivity contribution is 6.30. The van der Waals surface area contributed by atoms with Gasteiger partial charge in [0, 0.05) is 43.9 Å². The Hall–Kier alpha value is -3.02. The quantitative estimate of drug-likeness (QED) is 0.514. The number of β-amino-alcohol motifs (C(OH)–C–C–N with tert-alkyl or cyclic N) is 1. The van der Waals surface area contributed by atoms with Crippen molar-refractivity contribution in [3.63, 3.8) is 0 Å². The maximum Gasteiger partial charge on any atom is 0.490 e. The van der Waals surface area contributed by atoms with Crippen molar-refractivity contribution in [2.75, 3.05) is 26.2 Å². The van der Waals surface area contributed by atoms with Gasteiger partial charge in [-0.3, -0.25) is 0 Å². The molecule has 0 aliphatic carbocycles. The molecule has 12 heteroatoms. The average Bonchev–Trinajstić information content (AvgIpc) is 3.16. The number of carbonyl (C=O) groups is 2. The standard InChI is InChI=1S/C22H24ClNO5.C2HF3O2/c23-16-5-6-19-15(11-16)12-22(29-19)7-9-24(10-8-22)13-17(25)14-28-20-4-2-1-3-18(20)21(26)27;3-2(4,5)1(6)7/h1-6,11,17,25H,7-10,12-14H2,(H,26,27);(H,6,7)/t17-;/m1./s1. The molecule has 0 amide bonds. The molecule has 8 nitrogen and oxygen atoms in total. The second-order valence-corrected chi connectivity index (χ2v) is 9.02. The van der Waals surface area contributed by atoms with Crippen LogP contribution < -0.4 is 9.47 Å². The molecule has 36 heavy (non-hydrogen) atoms. The summed E-state index contributed by atoms with van der Waals surface area (Å²) in [5.74, 6) is -2.61. The summed E-state index contributed by atoms with van der Waals surface area (Å²) < 4.78 is 43.5. The Labute approximate surface area is 209 Å². The van der Waals surface area contributed by atoms with Crippen LogP contribution in [0.5, 0.6) is 11.5 Å². The molecule has 0 radical (unpaired) electrons. The molecule has 0 bridgehead atoms. The highest BCUT2D eigenvalue weighted by Crippen LogP contribution is 2.41. The van der Waals surface area contributed by atoms with Crippen LogP contribution in [-0.4, -0.2) is 76.3 Å². The first kappa shape index (κ1) is 27.6. The van der Waals surface area contributed by atoms with E-state index in [0.717, 1.165) is 48.7 Å². The van der Waals surface area contributed by atoms with E-state index in [9.17, 15) is 28.2 Å². The number of halogens is 4. The van der Waals surface area contributed by atoms with Crippen LogP contribution in [-0.2, 0) is 11.2 Å². The third-order valence-electron chi connectivity index (χ3n) is 5.89. The maximum absolute atomic E-state index is 11.2. The molecule has 1 saturated heterocycles. The number of ether oxygens (including phenoxy) is 2. The predicted molar refractivity (Wildman–Crippen MR) is 123 cm³/mol. The van der Waals surface area contributed by atoms with Gasteiger partial charge in [-0.15, -0.1) is 0 Å². The lowest BCUT2D eigenvalue weighted by Gasteiger charge is -2.39. The number of nitrogens with zero attached hydrogens (tertiary/aromatic N) is 1. The predicted octanol–water partition coefficient (Wildman–Crippen LogP) is 3.88. The van der Waals surface area contributed by atoms with Gasteiger partial charge in [-0.2, -0.15) is 13.2 Å². The Kier molecular flexibility index (Phi) is 8.70. The summed E-state index contributed by atoms with van der Waals surface area (Å²) in [6.45, 7) is 2.17. The summed E-state index contributed by atoms with van der Waals surface area (Å²) >= 11 is 6.10. The fourth-order valence-corrected chi connectivity index (χ4v) is 4.32. The first-order chi connectivity index (χ1) is 16.9. The lowest BCUT2D eigenvalue weighted by Crippen LogP contribution is -2.49. The zero-order valence-electron chi connectivity index (χ0n) is 19.0. The number of aliphatic hydroxyl groups is 1. The van der Waals surface area contributed by atoms with E-state index in [4.69, 9.17) is 31.0 Å². The largest absolute Gasteiger partial charge is 0.490 e. The molecule has 0 aromatic heterocycles. The summed E-state index contributed by atoms with van der Waals surface area (Å²) in [4.78, 5) is 22.3. The number of aromatic carboxylic acids is 1. The van der Waals surface area contributed by atoms with Crippen LogP contribution in [0.2, 0.25) is 5.02 Å². The zero-order chi connectivity index (χ0) is 26.5. The molecule has 2 aliphatic heterocycles. The lowest BCUT2D eigenvalue weighted by atomic mass is 9.87. The van der Waals surface area contributed by atoms with Gasteiger partial charge in [0.2, 0.25) is 0 Å². The normalized spacial score (nSPS) is 17.4. The topological polar surface area (TPSA) is 117 Å². The Morgan fingerprint density at radius 1 is 1.14 bits per heavy atom. The summed E-state index contributed by atoms with van der Waals surface area (Å²) in [5, 5.41) is 27.4. The van der Waals surface area contributed by atoms with Crippen molar-refractivity contribution in [3.05, 3.63) is 58.6 Å². The van der Waals surface area contributed by atoms with Crippen molar-refractivity contribution in [1.29, 1.82) is 0 Å². The van der Waals surface area contributed by atoms with Crippen LogP contribution in [0.3, 0.4) is 0 Å². The molecule has 0 unspecified atom stereocenters. The number of para-hydroxylation sites is 1. The van der Waals surface area contributed by atoms with Crippen molar-refractivity contribution in [2.45, 2.75) is 37.1 Å². The van der Waals surface area contributed by atoms with Crippen molar-refractivity contribution in [2.24, 2.45) is 0 Å². The number of carboxylic acid groups (broad SMARTS) is 2. The monoisotopic (exact) mass is 531 g/mol. The fourth-order valence-electron chi connectivity index (χ4n) is 4.13. The molecule has 1 atom stereocenters. The van der Waals surface area contributed by atoms with E-state index in [-0.39, 0.29) is 23.5 Å². The Bertz CT molecular complexity index is 1090. The van der Waals surface area contributed by atoms with Crippen LogP contribution in [0.15, 0.2) is 42.5 Å². The number of aliphatic carboxylic acids is 1. The van der Waals surface area contributed by atoms with Gasteiger partial charge in [-0.25, -0.2) is 9.59 Å². The van der Waals surface area contributed by atoms with E-state index < -0.39 is 24.2 Å². The third-order valence-corrected chi connectivity index (χ3v) is 6.12. The minimum Gasteiger partial charge on any atom is -0.490 e. The first-order valence-electron chi connectivity index (χ1n) is 11.0. The SMILES string of the molecule is O=C(O)C(F)(F)F.O=C(O)c1ccccc1OC[C@H](O)CN1CCC2(CC1)Cc1cc(Cl)ccc1O2. The molecule has 2 aromatic carbocycles. The minimum absolute atomic E-state index is 0.0480. The Morgan fingerprint density at radius 2 is 1.78 bits per heavy atom. The van der Waals surface area contributed by atoms with E-state index in [1.54, 1.807) is 18.2 Å². The van der Waals surface area contributed by atoms with Gasteiger partial charge in [-0.1, -0.05) is 23.7 Å². The number of benzene rings is 2. The Balaban J connectivity index is 0.000000454. The molecule has 1 spiro atoms. The van der Waals surface area contributed by atoms with Crippen LogP contribution >= 0.6 is 11.6 Å². The number of alkyl halides is 3.